The molecule has 0 saturated heterocycles. The van der Waals surface area contributed by atoms with E-state index in [-0.39, 0.29) is 17.4 Å². The highest BCUT2D eigenvalue weighted by molar-refractivity contribution is 9.10. The first-order chi connectivity index (χ1) is 12.0. The average Bonchev–Trinajstić information content (AvgIpc) is 3.20. The van der Waals surface area contributed by atoms with E-state index in [1.54, 1.807) is 12.1 Å². The fourth-order valence-corrected chi connectivity index (χ4v) is 4.08. The molecule has 3 rings (SSSR count). The zero-order chi connectivity index (χ0) is 17.8. The van der Waals surface area contributed by atoms with Crippen LogP contribution in [-0.2, 0) is 4.79 Å². The first kappa shape index (κ1) is 17.7. The standard InChI is InChI=1S/C16H12BrN3O3S2/c17-11-7-6-10(23-11)14(22)20-15-13(9-4-2-1-3-5-9)19-16(25-15)24-8-12(18)21/h1-7H,8H2,(H2,18,21)(H,20,22). The van der Waals surface area contributed by atoms with E-state index in [9.17, 15) is 9.59 Å². The Kier molecular flexibility index (Phi) is 5.57. The van der Waals surface area contributed by atoms with Crippen LogP contribution in [0.3, 0.4) is 0 Å². The third kappa shape index (κ3) is 4.50. The summed E-state index contributed by atoms with van der Waals surface area (Å²) in [5.41, 5.74) is 6.68. The number of anilines is 1. The lowest BCUT2D eigenvalue weighted by Gasteiger charge is -2.03. The smallest absolute Gasteiger partial charge is 0.292 e. The van der Waals surface area contributed by atoms with Gasteiger partial charge < -0.3 is 15.5 Å². The number of halogens is 1. The molecule has 3 N–H and O–H groups in total. The van der Waals surface area contributed by atoms with E-state index in [0.29, 0.717) is 19.7 Å². The number of nitrogens with zero attached hydrogens (tertiary/aromatic N) is 1. The van der Waals surface area contributed by atoms with Crippen LogP contribution in [0.2, 0.25) is 0 Å². The van der Waals surface area contributed by atoms with Crippen molar-refractivity contribution in [2.24, 2.45) is 5.73 Å². The zero-order valence-electron chi connectivity index (χ0n) is 12.7. The van der Waals surface area contributed by atoms with E-state index in [1.807, 2.05) is 30.3 Å². The monoisotopic (exact) mass is 437 g/mol. The molecule has 0 aliphatic carbocycles. The molecule has 0 fully saturated rings. The Morgan fingerprint density at radius 2 is 2.00 bits per heavy atom. The number of rotatable bonds is 6. The number of thiazole rings is 1. The van der Waals surface area contributed by atoms with Crippen LogP contribution in [0.15, 0.2) is 55.9 Å². The minimum Gasteiger partial charge on any atom is -0.444 e. The van der Waals surface area contributed by atoms with Crippen LogP contribution in [0.1, 0.15) is 10.6 Å². The van der Waals surface area contributed by atoms with E-state index in [1.165, 1.54) is 23.1 Å². The maximum atomic E-state index is 12.4. The second-order valence-corrected chi connectivity index (χ2v) is 7.84. The first-order valence-electron chi connectivity index (χ1n) is 7.07. The van der Waals surface area contributed by atoms with Gasteiger partial charge in [-0.1, -0.05) is 53.4 Å². The van der Waals surface area contributed by atoms with Gasteiger partial charge in [-0.3, -0.25) is 9.59 Å². The highest BCUT2D eigenvalue weighted by atomic mass is 79.9. The summed E-state index contributed by atoms with van der Waals surface area (Å²) in [4.78, 5) is 27.9. The van der Waals surface area contributed by atoms with Crippen molar-refractivity contribution in [3.8, 4) is 11.3 Å². The first-order valence-corrected chi connectivity index (χ1v) is 9.66. The summed E-state index contributed by atoms with van der Waals surface area (Å²) in [6.45, 7) is 0. The summed E-state index contributed by atoms with van der Waals surface area (Å²) in [7, 11) is 0. The molecule has 0 spiro atoms. The van der Waals surface area contributed by atoms with Gasteiger partial charge in [-0.25, -0.2) is 4.98 Å². The summed E-state index contributed by atoms with van der Waals surface area (Å²) in [6, 6.07) is 12.7. The summed E-state index contributed by atoms with van der Waals surface area (Å²) in [6.07, 6.45) is 0. The molecule has 0 bridgehead atoms. The van der Waals surface area contributed by atoms with Crippen molar-refractivity contribution in [1.82, 2.24) is 4.98 Å². The van der Waals surface area contributed by atoms with E-state index < -0.39 is 5.91 Å². The predicted octanol–water partition coefficient (Wildman–Crippen LogP) is 4.00. The maximum Gasteiger partial charge on any atom is 0.292 e. The molecule has 0 atom stereocenters. The van der Waals surface area contributed by atoms with Crippen LogP contribution >= 0.6 is 39.0 Å². The Bertz CT molecular complexity index is 909. The van der Waals surface area contributed by atoms with Crippen LogP contribution in [0.25, 0.3) is 11.3 Å². The molecule has 0 aliphatic rings. The van der Waals surface area contributed by atoms with Gasteiger partial charge >= 0.3 is 0 Å². The maximum absolute atomic E-state index is 12.4. The molecule has 0 radical (unpaired) electrons. The van der Waals surface area contributed by atoms with E-state index in [0.717, 1.165) is 5.56 Å². The lowest BCUT2D eigenvalue weighted by atomic mass is 10.2. The Morgan fingerprint density at radius 3 is 2.64 bits per heavy atom. The van der Waals surface area contributed by atoms with Crippen molar-refractivity contribution >= 4 is 55.8 Å². The molecular formula is C16H12BrN3O3S2. The molecule has 0 saturated carbocycles. The van der Waals surface area contributed by atoms with Gasteiger partial charge in [0.2, 0.25) is 5.91 Å². The third-order valence-electron chi connectivity index (χ3n) is 3.02. The average molecular weight is 438 g/mol. The number of benzene rings is 1. The SMILES string of the molecule is NC(=O)CSc1nc(-c2ccccc2)c(NC(=O)c2ccc(Br)o2)s1. The van der Waals surface area contributed by atoms with Crippen molar-refractivity contribution in [2.75, 3.05) is 11.1 Å². The summed E-state index contributed by atoms with van der Waals surface area (Å²) in [5, 5.41) is 3.40. The molecule has 0 unspecified atom stereocenters. The number of thioether (sulfide) groups is 1. The van der Waals surface area contributed by atoms with Gasteiger partial charge in [-0.2, -0.15) is 0 Å². The second kappa shape index (κ2) is 7.85. The molecular weight excluding hydrogens is 426 g/mol. The van der Waals surface area contributed by atoms with Crippen LogP contribution in [0.4, 0.5) is 5.00 Å². The quantitative estimate of drug-likeness (QED) is 0.567. The predicted molar refractivity (Wildman–Crippen MR) is 102 cm³/mol. The number of amides is 2. The molecule has 9 heteroatoms. The molecule has 25 heavy (non-hydrogen) atoms. The highest BCUT2D eigenvalue weighted by Crippen LogP contribution is 2.37. The number of hydrogen-bond donors (Lipinski definition) is 2. The molecule has 1 aromatic carbocycles. The highest BCUT2D eigenvalue weighted by Gasteiger charge is 2.18. The van der Waals surface area contributed by atoms with Gasteiger partial charge in [-0.05, 0) is 28.1 Å². The summed E-state index contributed by atoms with van der Waals surface area (Å²) >= 11 is 5.69. The van der Waals surface area contributed by atoms with Crippen molar-refractivity contribution in [2.45, 2.75) is 4.34 Å². The van der Waals surface area contributed by atoms with Gasteiger partial charge in [0.1, 0.15) is 10.7 Å². The summed E-state index contributed by atoms with van der Waals surface area (Å²) < 4.78 is 6.39. The molecule has 128 valence electrons. The topological polar surface area (TPSA) is 98.2 Å². The number of nitrogens with one attached hydrogen (secondary N) is 1. The molecule has 2 amide bonds. The van der Waals surface area contributed by atoms with Crippen LogP contribution in [0, 0.1) is 0 Å². The Morgan fingerprint density at radius 1 is 1.24 bits per heavy atom. The van der Waals surface area contributed by atoms with Crippen molar-refractivity contribution in [3.05, 3.63) is 52.9 Å². The lowest BCUT2D eigenvalue weighted by Crippen LogP contribution is -2.12. The largest absolute Gasteiger partial charge is 0.444 e. The van der Waals surface area contributed by atoms with Crippen LogP contribution in [0.5, 0.6) is 0 Å². The normalized spacial score (nSPS) is 10.6. The van der Waals surface area contributed by atoms with Crippen molar-refractivity contribution < 1.29 is 14.0 Å². The molecule has 3 aromatic rings. The Balaban J connectivity index is 1.90. The Hall–Kier alpha value is -2.10. The number of aromatic nitrogens is 1. The van der Waals surface area contributed by atoms with Gasteiger partial charge in [0, 0.05) is 5.56 Å². The molecule has 2 heterocycles. The number of carbonyl (C=O) groups is 2. The van der Waals surface area contributed by atoms with Gasteiger partial charge in [0.05, 0.1) is 5.75 Å². The van der Waals surface area contributed by atoms with Crippen molar-refractivity contribution in [1.29, 1.82) is 0 Å². The number of carbonyl (C=O) groups excluding carboxylic acids is 2. The van der Waals surface area contributed by atoms with Crippen molar-refractivity contribution in [3.63, 3.8) is 0 Å². The summed E-state index contributed by atoms with van der Waals surface area (Å²) in [5.74, 6) is -0.489. The minimum atomic E-state index is -0.424. The number of furan rings is 1. The fourth-order valence-electron chi connectivity index (χ4n) is 1.97. The second-order valence-electron chi connectivity index (χ2n) is 4.84. The van der Waals surface area contributed by atoms with Gasteiger partial charge in [0.25, 0.3) is 5.91 Å². The number of primary amides is 1. The zero-order valence-corrected chi connectivity index (χ0v) is 15.9. The van der Waals surface area contributed by atoms with Gasteiger partial charge in [-0.15, -0.1) is 0 Å². The minimum absolute atomic E-state index is 0.125. The number of nitrogens with two attached hydrogens (primary N) is 1. The van der Waals surface area contributed by atoms with E-state index >= 15 is 0 Å². The Labute approximate surface area is 159 Å². The molecule has 6 nitrogen and oxygen atoms in total. The number of hydrogen-bond acceptors (Lipinski definition) is 6. The fraction of sp³-hybridized carbons (Fsp3) is 0.0625. The van der Waals surface area contributed by atoms with Gasteiger partial charge in [0.15, 0.2) is 14.8 Å². The molecule has 0 aliphatic heterocycles. The van der Waals surface area contributed by atoms with E-state index in [4.69, 9.17) is 10.2 Å². The lowest BCUT2D eigenvalue weighted by molar-refractivity contribution is -0.115. The molecule has 2 aromatic heterocycles. The van der Waals surface area contributed by atoms with Crippen LogP contribution < -0.4 is 11.1 Å². The third-order valence-corrected chi connectivity index (χ3v) is 5.58. The van der Waals surface area contributed by atoms with Crippen LogP contribution in [-0.4, -0.2) is 22.6 Å². The van der Waals surface area contributed by atoms with E-state index in [2.05, 4.69) is 26.2 Å².